The topological polar surface area (TPSA) is 127 Å². The van der Waals surface area contributed by atoms with Gasteiger partial charge in [-0.1, -0.05) is 13.8 Å². The number of alkyl halides is 3. The number of aliphatic hydroxyl groups excluding tert-OH is 1. The number of benzene rings is 1. The van der Waals surface area contributed by atoms with Gasteiger partial charge in [0.15, 0.2) is 0 Å². The molecule has 0 saturated heterocycles. The lowest BCUT2D eigenvalue weighted by Crippen LogP contribution is -2.32. The van der Waals surface area contributed by atoms with Gasteiger partial charge in [-0.3, -0.25) is 9.59 Å². The van der Waals surface area contributed by atoms with Crippen LogP contribution in [0.4, 0.5) is 18.2 Å². The minimum absolute atomic E-state index is 0.187. The van der Waals surface area contributed by atoms with Gasteiger partial charge in [0.2, 0.25) is 9.84 Å². The third kappa shape index (κ3) is 4.95. The number of aliphatic hydroxyl groups is 1. The van der Waals surface area contributed by atoms with Crippen molar-refractivity contribution in [3.8, 4) is 0 Å². The third-order valence-electron chi connectivity index (χ3n) is 3.87. The maximum Gasteiger partial charge on any atom is 0.416 e. The van der Waals surface area contributed by atoms with E-state index in [0.29, 0.717) is 23.5 Å². The zero-order valence-electron chi connectivity index (χ0n) is 15.1. The fourth-order valence-electron chi connectivity index (χ4n) is 2.20. The van der Waals surface area contributed by atoms with E-state index >= 15 is 0 Å². The van der Waals surface area contributed by atoms with E-state index in [1.165, 1.54) is 0 Å². The SMILES string of the molecule is CC(C)C(O)C(=O)Nc1sc(S(=O)(=O)c2ccc(C(F)(F)F)cc2)cc1C(N)=O. The quantitative estimate of drug-likeness (QED) is 0.624. The maximum atomic E-state index is 12.7. The van der Waals surface area contributed by atoms with Crippen LogP contribution in [-0.4, -0.2) is 31.4 Å². The Hall–Kier alpha value is -2.44. The van der Waals surface area contributed by atoms with E-state index in [4.69, 9.17) is 5.73 Å². The normalized spacial score (nSPS) is 13.3. The van der Waals surface area contributed by atoms with E-state index in [0.717, 1.165) is 18.2 Å². The molecule has 1 heterocycles. The highest BCUT2D eigenvalue weighted by molar-refractivity contribution is 7.93. The molecule has 2 rings (SSSR count). The monoisotopic (exact) mass is 450 g/mol. The molecular weight excluding hydrogens is 433 g/mol. The lowest BCUT2D eigenvalue weighted by Gasteiger charge is -2.13. The molecule has 7 nitrogen and oxygen atoms in total. The number of hydrogen-bond acceptors (Lipinski definition) is 6. The van der Waals surface area contributed by atoms with Gasteiger partial charge in [-0.15, -0.1) is 11.3 Å². The first-order valence-electron chi connectivity index (χ1n) is 8.10. The molecule has 1 atom stereocenters. The second kappa shape index (κ2) is 8.13. The zero-order chi connectivity index (χ0) is 22.1. The summed E-state index contributed by atoms with van der Waals surface area (Å²) in [6.07, 6.45) is -6.04. The number of nitrogens with two attached hydrogens (primary N) is 1. The second-order valence-electron chi connectivity index (χ2n) is 6.38. The van der Waals surface area contributed by atoms with Crippen molar-refractivity contribution in [1.29, 1.82) is 0 Å². The maximum absolute atomic E-state index is 12.7. The molecule has 0 aliphatic rings. The Labute approximate surface area is 168 Å². The third-order valence-corrected chi connectivity index (χ3v) is 7.16. The van der Waals surface area contributed by atoms with Crippen LogP contribution < -0.4 is 11.1 Å². The predicted octanol–water partition coefficient (Wildman–Crippen LogP) is 2.65. The van der Waals surface area contributed by atoms with Crippen LogP contribution in [0.15, 0.2) is 39.4 Å². The minimum atomic E-state index is -4.63. The highest BCUT2D eigenvalue weighted by atomic mass is 32.2. The number of nitrogens with one attached hydrogen (secondary N) is 1. The van der Waals surface area contributed by atoms with Gasteiger partial charge in [0.25, 0.3) is 11.8 Å². The largest absolute Gasteiger partial charge is 0.416 e. The molecule has 29 heavy (non-hydrogen) atoms. The zero-order valence-corrected chi connectivity index (χ0v) is 16.8. The van der Waals surface area contributed by atoms with Crippen LogP contribution in [0.25, 0.3) is 0 Å². The molecule has 2 aromatic rings. The number of thiophene rings is 1. The van der Waals surface area contributed by atoms with E-state index in [-0.39, 0.29) is 10.6 Å². The Morgan fingerprint density at radius 1 is 1.17 bits per heavy atom. The van der Waals surface area contributed by atoms with Gasteiger partial charge in [-0.25, -0.2) is 8.42 Å². The van der Waals surface area contributed by atoms with Crippen LogP contribution >= 0.6 is 11.3 Å². The average molecular weight is 450 g/mol. The van der Waals surface area contributed by atoms with Gasteiger partial charge in [0.1, 0.15) is 15.3 Å². The summed E-state index contributed by atoms with van der Waals surface area (Å²) in [5, 5.41) is 11.9. The van der Waals surface area contributed by atoms with Crippen LogP contribution in [0.5, 0.6) is 0 Å². The Bertz CT molecular complexity index is 1030. The Balaban J connectivity index is 2.44. The van der Waals surface area contributed by atoms with Crippen molar-refractivity contribution in [2.45, 2.75) is 35.2 Å². The first-order valence-corrected chi connectivity index (χ1v) is 10.4. The molecule has 0 aliphatic heterocycles. The van der Waals surface area contributed by atoms with Gasteiger partial charge in [0.05, 0.1) is 16.0 Å². The highest BCUT2D eigenvalue weighted by Gasteiger charge is 2.32. The molecule has 12 heteroatoms. The number of carbonyl (C=O) groups is 2. The van der Waals surface area contributed by atoms with E-state index in [2.05, 4.69) is 5.32 Å². The number of anilines is 1. The summed E-state index contributed by atoms with van der Waals surface area (Å²) in [5.41, 5.74) is 3.90. The molecule has 1 unspecified atom stereocenters. The molecule has 0 aliphatic carbocycles. The lowest BCUT2D eigenvalue weighted by atomic mass is 10.1. The van der Waals surface area contributed by atoms with Gasteiger partial charge in [0, 0.05) is 0 Å². The number of amides is 2. The molecule has 1 aromatic heterocycles. The Morgan fingerprint density at radius 2 is 1.72 bits per heavy atom. The van der Waals surface area contributed by atoms with Crippen molar-refractivity contribution in [3.05, 3.63) is 41.5 Å². The van der Waals surface area contributed by atoms with Crippen molar-refractivity contribution in [2.75, 3.05) is 5.32 Å². The van der Waals surface area contributed by atoms with Gasteiger partial charge in [-0.2, -0.15) is 13.2 Å². The number of primary amides is 1. The summed E-state index contributed by atoms with van der Waals surface area (Å²) in [7, 11) is -4.28. The smallest absolute Gasteiger partial charge is 0.383 e. The predicted molar refractivity (Wildman–Crippen MR) is 99.2 cm³/mol. The van der Waals surface area contributed by atoms with Crippen molar-refractivity contribution in [1.82, 2.24) is 0 Å². The van der Waals surface area contributed by atoms with E-state index in [9.17, 15) is 36.3 Å². The second-order valence-corrected chi connectivity index (χ2v) is 9.60. The fourth-order valence-corrected chi connectivity index (χ4v) is 4.98. The van der Waals surface area contributed by atoms with E-state index in [1.807, 2.05) is 0 Å². The fraction of sp³-hybridized carbons (Fsp3) is 0.294. The van der Waals surface area contributed by atoms with Crippen LogP contribution in [-0.2, 0) is 20.8 Å². The standard InChI is InChI=1S/C17H17F3N2O5S2/c1-8(2)13(23)15(25)22-16-11(14(21)24)7-12(28-16)29(26,27)10-5-3-9(4-6-10)17(18,19)20/h3-8,13,23H,1-2H3,(H2,21,24)(H,22,25). The molecule has 4 N–H and O–H groups in total. The summed E-state index contributed by atoms with van der Waals surface area (Å²) < 4.78 is 63.1. The van der Waals surface area contributed by atoms with Crippen LogP contribution in [0.3, 0.4) is 0 Å². The molecule has 158 valence electrons. The summed E-state index contributed by atoms with van der Waals surface area (Å²) in [4.78, 5) is 23.2. The highest BCUT2D eigenvalue weighted by Crippen LogP contribution is 2.36. The van der Waals surface area contributed by atoms with Crippen molar-refractivity contribution < 1.29 is 36.3 Å². The molecule has 0 bridgehead atoms. The molecule has 0 fully saturated rings. The number of hydrogen-bond donors (Lipinski definition) is 3. The van der Waals surface area contributed by atoms with Gasteiger partial charge in [-0.05, 0) is 36.2 Å². The van der Waals surface area contributed by atoms with Crippen molar-refractivity contribution >= 4 is 38.0 Å². The number of halogens is 3. The minimum Gasteiger partial charge on any atom is -0.383 e. The Morgan fingerprint density at radius 3 is 2.17 bits per heavy atom. The summed E-state index contributed by atoms with van der Waals surface area (Å²) in [6.45, 7) is 3.16. The summed E-state index contributed by atoms with van der Waals surface area (Å²) in [5.74, 6) is -2.32. The molecule has 0 radical (unpaired) electrons. The molecule has 0 saturated carbocycles. The number of carbonyl (C=O) groups excluding carboxylic acids is 2. The average Bonchev–Trinajstić information content (AvgIpc) is 3.05. The molecular formula is C17H17F3N2O5S2. The molecule has 0 spiro atoms. The summed E-state index contributed by atoms with van der Waals surface area (Å²) >= 11 is 0.503. The summed E-state index contributed by atoms with van der Waals surface area (Å²) in [6, 6.07) is 3.76. The van der Waals surface area contributed by atoms with Crippen LogP contribution in [0.1, 0.15) is 29.8 Å². The first-order chi connectivity index (χ1) is 13.2. The van der Waals surface area contributed by atoms with Crippen molar-refractivity contribution in [2.24, 2.45) is 11.7 Å². The van der Waals surface area contributed by atoms with E-state index < -0.39 is 54.5 Å². The molecule has 2 amide bonds. The number of sulfone groups is 1. The Kier molecular flexibility index (Phi) is 6.40. The van der Waals surface area contributed by atoms with Crippen molar-refractivity contribution in [3.63, 3.8) is 0 Å². The van der Waals surface area contributed by atoms with Crippen LogP contribution in [0.2, 0.25) is 0 Å². The van der Waals surface area contributed by atoms with Gasteiger partial charge >= 0.3 is 6.18 Å². The number of rotatable bonds is 6. The first kappa shape index (κ1) is 22.8. The van der Waals surface area contributed by atoms with Gasteiger partial charge < -0.3 is 16.2 Å². The molecule has 1 aromatic carbocycles. The van der Waals surface area contributed by atoms with E-state index in [1.54, 1.807) is 13.8 Å². The lowest BCUT2D eigenvalue weighted by molar-refractivity contribution is -0.137. The van der Waals surface area contributed by atoms with Crippen LogP contribution in [0, 0.1) is 5.92 Å².